The molecule has 0 aliphatic carbocycles. The Hall–Kier alpha value is -2.57. The third-order valence-electron chi connectivity index (χ3n) is 4.05. The van der Waals surface area contributed by atoms with Crippen LogP contribution in [-0.2, 0) is 4.79 Å². The Morgan fingerprint density at radius 3 is 2.38 bits per heavy atom. The van der Waals surface area contributed by atoms with Gasteiger partial charge in [0.25, 0.3) is 5.91 Å². The zero-order chi connectivity index (χ0) is 18.5. The molecule has 134 valence electrons. The molecule has 1 heterocycles. The number of hydrogen-bond acceptors (Lipinski definition) is 2. The summed E-state index contributed by atoms with van der Waals surface area (Å²) in [6.07, 6.45) is 0. The van der Waals surface area contributed by atoms with Gasteiger partial charge in [-0.2, -0.15) is 0 Å². The van der Waals surface area contributed by atoms with Gasteiger partial charge < -0.3 is 10.6 Å². The molecule has 0 aliphatic heterocycles. The minimum Gasteiger partial charge on any atom is -0.328 e. The van der Waals surface area contributed by atoms with Crippen LogP contribution in [0.25, 0.3) is 0 Å². The summed E-state index contributed by atoms with van der Waals surface area (Å²) in [5.74, 6) is -2.03. The number of quaternary nitrogens is 1. The molecule has 0 aliphatic rings. The lowest BCUT2D eigenvalue weighted by atomic mass is 10.0. The second-order valence-corrected chi connectivity index (χ2v) is 6.97. The molecule has 3 rings (SSSR count). The molecule has 0 unspecified atom stereocenters. The number of aryl methyl sites for hydroxylation is 1. The van der Waals surface area contributed by atoms with Crippen molar-refractivity contribution in [3.8, 4) is 0 Å². The Labute approximate surface area is 154 Å². The first-order chi connectivity index (χ1) is 12.5. The summed E-state index contributed by atoms with van der Waals surface area (Å²) < 4.78 is 27.3. The van der Waals surface area contributed by atoms with Gasteiger partial charge in [0.1, 0.15) is 23.4 Å². The standard InChI is InChI=1S/C20H18F2N2OS/c1-13-7-9-14(10-8-13)19(17-6-3-11-26-17)23-12-18(25)24-20-15(21)4-2-5-16(20)22/h2-11,19,23H,12H2,1H3,(H,24,25)/p+1/t19-/m1/s1. The second kappa shape index (κ2) is 8.21. The number of nitrogens with one attached hydrogen (secondary N) is 1. The van der Waals surface area contributed by atoms with Gasteiger partial charge in [-0.3, -0.25) is 4.79 Å². The van der Waals surface area contributed by atoms with Crippen LogP contribution in [0.5, 0.6) is 0 Å². The Bertz CT molecular complexity index is 859. The van der Waals surface area contributed by atoms with E-state index in [2.05, 4.69) is 5.32 Å². The van der Waals surface area contributed by atoms with Gasteiger partial charge in [-0.05, 0) is 30.5 Å². The van der Waals surface area contributed by atoms with E-state index in [1.54, 1.807) is 11.3 Å². The molecule has 0 fully saturated rings. The van der Waals surface area contributed by atoms with Gasteiger partial charge >= 0.3 is 0 Å². The fraction of sp³-hybridized carbons (Fsp3) is 0.150. The number of amides is 1. The van der Waals surface area contributed by atoms with Crippen LogP contribution in [0.1, 0.15) is 22.0 Å². The second-order valence-electron chi connectivity index (χ2n) is 5.99. The van der Waals surface area contributed by atoms with Gasteiger partial charge in [-0.1, -0.05) is 42.0 Å². The molecule has 1 atom stereocenters. The number of anilines is 1. The zero-order valence-electron chi connectivity index (χ0n) is 14.2. The smallest absolute Gasteiger partial charge is 0.279 e. The van der Waals surface area contributed by atoms with Crippen LogP contribution in [0.4, 0.5) is 14.5 Å². The van der Waals surface area contributed by atoms with E-state index in [1.807, 2.05) is 54.0 Å². The van der Waals surface area contributed by atoms with Crippen LogP contribution >= 0.6 is 11.3 Å². The van der Waals surface area contributed by atoms with E-state index in [9.17, 15) is 13.6 Å². The number of para-hydroxylation sites is 1. The molecule has 0 spiro atoms. The van der Waals surface area contributed by atoms with Gasteiger partial charge in [0.15, 0.2) is 6.54 Å². The van der Waals surface area contributed by atoms with Gasteiger partial charge in [0.05, 0.1) is 4.88 Å². The molecule has 1 amide bonds. The van der Waals surface area contributed by atoms with Crippen molar-refractivity contribution >= 4 is 22.9 Å². The highest BCUT2D eigenvalue weighted by molar-refractivity contribution is 7.10. The highest BCUT2D eigenvalue weighted by atomic mass is 32.1. The third kappa shape index (κ3) is 4.33. The first-order valence-electron chi connectivity index (χ1n) is 8.22. The summed E-state index contributed by atoms with van der Waals surface area (Å²) in [4.78, 5) is 13.3. The molecular weight excluding hydrogens is 354 g/mol. The van der Waals surface area contributed by atoms with Gasteiger partial charge in [0, 0.05) is 5.56 Å². The van der Waals surface area contributed by atoms with Crippen molar-refractivity contribution in [2.45, 2.75) is 13.0 Å². The van der Waals surface area contributed by atoms with Crippen LogP contribution in [-0.4, -0.2) is 12.5 Å². The molecular formula is C20H19F2N2OS+. The Morgan fingerprint density at radius 1 is 1.08 bits per heavy atom. The van der Waals surface area contributed by atoms with Crippen molar-refractivity contribution < 1.29 is 18.9 Å². The highest BCUT2D eigenvalue weighted by Crippen LogP contribution is 2.23. The maximum atomic E-state index is 13.7. The maximum Gasteiger partial charge on any atom is 0.279 e. The summed E-state index contributed by atoms with van der Waals surface area (Å²) in [5, 5.41) is 6.17. The molecule has 0 saturated carbocycles. The Morgan fingerprint density at radius 2 is 1.77 bits per heavy atom. The lowest BCUT2D eigenvalue weighted by Gasteiger charge is -2.15. The van der Waals surface area contributed by atoms with Gasteiger partial charge in [-0.25, -0.2) is 8.78 Å². The predicted molar refractivity (Wildman–Crippen MR) is 99.1 cm³/mol. The van der Waals surface area contributed by atoms with E-state index in [-0.39, 0.29) is 12.6 Å². The fourth-order valence-corrected chi connectivity index (χ4v) is 3.54. The molecule has 0 radical (unpaired) electrons. The number of carbonyl (C=O) groups is 1. The number of benzene rings is 2. The molecule has 0 bridgehead atoms. The number of rotatable bonds is 6. The normalized spacial score (nSPS) is 12.0. The minimum absolute atomic E-state index is 0.0459. The van der Waals surface area contributed by atoms with Crippen molar-refractivity contribution in [1.29, 1.82) is 0 Å². The van der Waals surface area contributed by atoms with E-state index in [4.69, 9.17) is 0 Å². The van der Waals surface area contributed by atoms with Crippen LogP contribution in [0.15, 0.2) is 60.0 Å². The van der Waals surface area contributed by atoms with Crippen LogP contribution in [0.3, 0.4) is 0 Å². The molecule has 0 saturated heterocycles. The van der Waals surface area contributed by atoms with Crippen molar-refractivity contribution in [3.05, 3.63) is 87.6 Å². The number of carbonyl (C=O) groups excluding carboxylic acids is 1. The Balaban J connectivity index is 1.72. The molecule has 6 heteroatoms. The summed E-state index contributed by atoms with van der Waals surface area (Å²) in [7, 11) is 0. The molecule has 1 aromatic heterocycles. The van der Waals surface area contributed by atoms with E-state index in [1.165, 1.54) is 6.07 Å². The van der Waals surface area contributed by atoms with Crippen LogP contribution in [0.2, 0.25) is 0 Å². The van der Waals surface area contributed by atoms with E-state index >= 15 is 0 Å². The van der Waals surface area contributed by atoms with Crippen molar-refractivity contribution in [3.63, 3.8) is 0 Å². The lowest BCUT2D eigenvalue weighted by Crippen LogP contribution is -2.87. The van der Waals surface area contributed by atoms with Gasteiger partial charge in [0.2, 0.25) is 0 Å². The SMILES string of the molecule is Cc1ccc([C@@H]([NH2+]CC(=O)Nc2c(F)cccc2F)c2cccs2)cc1. The summed E-state index contributed by atoms with van der Waals surface area (Å²) in [6.45, 7) is 2.06. The molecule has 3 aromatic rings. The monoisotopic (exact) mass is 373 g/mol. The molecule has 3 N–H and O–H groups in total. The zero-order valence-corrected chi connectivity index (χ0v) is 15.0. The van der Waals surface area contributed by atoms with E-state index in [0.717, 1.165) is 28.1 Å². The highest BCUT2D eigenvalue weighted by Gasteiger charge is 2.21. The maximum absolute atomic E-state index is 13.7. The minimum atomic E-state index is -0.785. The first kappa shape index (κ1) is 18.2. The first-order valence-corrected chi connectivity index (χ1v) is 9.09. The average molecular weight is 373 g/mol. The number of hydrogen-bond donors (Lipinski definition) is 2. The summed E-state index contributed by atoms with van der Waals surface area (Å²) in [5.41, 5.74) is 1.82. The van der Waals surface area contributed by atoms with Crippen molar-refractivity contribution in [2.24, 2.45) is 0 Å². The third-order valence-corrected chi connectivity index (χ3v) is 5.01. The van der Waals surface area contributed by atoms with Crippen LogP contribution < -0.4 is 10.6 Å². The number of nitrogens with two attached hydrogens (primary N) is 1. The lowest BCUT2D eigenvalue weighted by molar-refractivity contribution is -0.675. The van der Waals surface area contributed by atoms with Crippen molar-refractivity contribution in [1.82, 2.24) is 0 Å². The summed E-state index contributed by atoms with van der Waals surface area (Å²) in [6, 6.07) is 15.5. The van der Waals surface area contributed by atoms with Crippen molar-refractivity contribution in [2.75, 3.05) is 11.9 Å². The number of halogens is 2. The van der Waals surface area contributed by atoms with E-state index < -0.39 is 23.2 Å². The predicted octanol–water partition coefficient (Wildman–Crippen LogP) is 3.63. The van der Waals surface area contributed by atoms with E-state index in [0.29, 0.717) is 0 Å². The fourth-order valence-electron chi connectivity index (χ4n) is 2.69. The largest absolute Gasteiger partial charge is 0.328 e. The Kier molecular flexibility index (Phi) is 5.75. The average Bonchev–Trinajstić information content (AvgIpc) is 3.14. The quantitative estimate of drug-likeness (QED) is 0.681. The number of thiophene rings is 1. The molecule has 2 aromatic carbocycles. The molecule has 26 heavy (non-hydrogen) atoms. The van der Waals surface area contributed by atoms with Gasteiger partial charge in [-0.15, -0.1) is 11.3 Å². The topological polar surface area (TPSA) is 45.7 Å². The molecule has 3 nitrogen and oxygen atoms in total. The summed E-state index contributed by atoms with van der Waals surface area (Å²) >= 11 is 1.61. The van der Waals surface area contributed by atoms with Crippen LogP contribution in [0, 0.1) is 18.6 Å².